The Morgan fingerprint density at radius 3 is 2.13 bits per heavy atom. The van der Waals surface area contributed by atoms with Crippen LogP contribution >= 0.6 is 0 Å². The minimum atomic E-state index is -3.79. The summed E-state index contributed by atoms with van der Waals surface area (Å²) >= 11 is 0. The van der Waals surface area contributed by atoms with E-state index in [0.29, 0.717) is 38.1 Å². The number of halogens is 2. The van der Waals surface area contributed by atoms with Crippen molar-refractivity contribution < 1.29 is 36.3 Å². The molecule has 12 heteroatoms. The third-order valence-electron chi connectivity index (χ3n) is 6.27. The highest BCUT2D eigenvalue weighted by atomic mass is 32.2. The molecule has 0 fully saturated rings. The summed E-state index contributed by atoms with van der Waals surface area (Å²) in [7, 11) is -2.69. The van der Waals surface area contributed by atoms with Gasteiger partial charge in [-0.3, -0.25) is 0 Å². The lowest BCUT2D eigenvalue weighted by molar-refractivity contribution is -0.151. The van der Waals surface area contributed by atoms with Gasteiger partial charge in [-0.25, -0.2) is 26.8 Å². The summed E-state index contributed by atoms with van der Waals surface area (Å²) in [5.41, 5.74) is 6.61. The zero-order valence-corrected chi connectivity index (χ0v) is 24.5. The molecule has 1 aromatic carbocycles. The van der Waals surface area contributed by atoms with E-state index in [1.54, 1.807) is 0 Å². The number of amides is 1. The summed E-state index contributed by atoms with van der Waals surface area (Å²) in [6.45, 7) is 8.57. The summed E-state index contributed by atoms with van der Waals surface area (Å²) in [6.07, 6.45) is 0.990. The van der Waals surface area contributed by atoms with Gasteiger partial charge >= 0.3 is 12.1 Å². The Bertz CT molecular complexity index is 983. The van der Waals surface area contributed by atoms with Crippen LogP contribution in [0.5, 0.6) is 0 Å². The number of alkyl carbamates (subject to hydrolysis) is 1. The molecule has 9 nitrogen and oxygen atoms in total. The normalized spacial score (nSPS) is 14.2. The fourth-order valence-electron chi connectivity index (χ4n) is 4.16. The fourth-order valence-corrected chi connectivity index (χ4v) is 6.31. The van der Waals surface area contributed by atoms with E-state index >= 15 is 0 Å². The van der Waals surface area contributed by atoms with Gasteiger partial charge in [0, 0.05) is 18.7 Å². The van der Waals surface area contributed by atoms with E-state index in [2.05, 4.69) is 29.2 Å². The molecule has 3 atom stereocenters. The maximum atomic E-state index is 13.7. The zero-order chi connectivity index (χ0) is 29.6. The van der Waals surface area contributed by atoms with E-state index in [0.717, 1.165) is 31.7 Å². The lowest BCUT2D eigenvalue weighted by Gasteiger charge is -2.28. The molecule has 0 aromatic heterocycles. The molecular formula is C27H45F2N3O6S. The van der Waals surface area contributed by atoms with Crippen molar-refractivity contribution in [3.8, 4) is 0 Å². The molecule has 0 saturated heterocycles. The first kappa shape index (κ1) is 34.7. The van der Waals surface area contributed by atoms with E-state index < -0.39 is 62.7 Å². The number of esters is 1. The second-order valence-corrected chi connectivity index (χ2v) is 12.6. The number of carbonyl (C=O) groups excluding carboxylic acids is 2. The van der Waals surface area contributed by atoms with Gasteiger partial charge < -0.3 is 25.8 Å². The van der Waals surface area contributed by atoms with Crippen LogP contribution in [0.4, 0.5) is 13.6 Å². The molecule has 1 rings (SSSR count). The molecule has 0 aliphatic carbocycles. The van der Waals surface area contributed by atoms with Crippen LogP contribution in [-0.2, 0) is 30.5 Å². The van der Waals surface area contributed by atoms with E-state index in [-0.39, 0.29) is 18.5 Å². The second kappa shape index (κ2) is 17.4. The van der Waals surface area contributed by atoms with Gasteiger partial charge in [0.15, 0.2) is 9.84 Å². The van der Waals surface area contributed by atoms with Gasteiger partial charge in [-0.1, -0.05) is 40.5 Å². The van der Waals surface area contributed by atoms with Crippen LogP contribution in [0.25, 0.3) is 0 Å². The number of hydrogen-bond acceptors (Lipinski definition) is 8. The maximum Gasteiger partial charge on any atom is 0.407 e. The van der Waals surface area contributed by atoms with Crippen LogP contribution in [0.15, 0.2) is 18.2 Å². The molecule has 0 heterocycles. The van der Waals surface area contributed by atoms with Crippen molar-refractivity contribution in [2.24, 2.45) is 11.7 Å². The molecule has 0 saturated carbocycles. The molecule has 4 N–H and O–H groups in total. The van der Waals surface area contributed by atoms with E-state index in [4.69, 9.17) is 10.5 Å². The topological polar surface area (TPSA) is 137 Å². The zero-order valence-electron chi connectivity index (χ0n) is 23.7. The molecule has 1 amide bonds. The number of nitrogens with one attached hydrogen (secondary N) is 2. The van der Waals surface area contributed by atoms with Gasteiger partial charge in [-0.15, -0.1) is 0 Å². The van der Waals surface area contributed by atoms with Gasteiger partial charge in [0.25, 0.3) is 0 Å². The Labute approximate surface area is 231 Å². The monoisotopic (exact) mass is 577 g/mol. The lowest BCUT2D eigenvalue weighted by atomic mass is 10.0. The van der Waals surface area contributed by atoms with Crippen molar-refractivity contribution in [3.63, 3.8) is 0 Å². The van der Waals surface area contributed by atoms with Crippen LogP contribution in [0, 0.1) is 17.6 Å². The third kappa shape index (κ3) is 13.1. The van der Waals surface area contributed by atoms with E-state index in [1.165, 1.54) is 0 Å². The minimum Gasteiger partial charge on any atom is -0.458 e. The smallest absolute Gasteiger partial charge is 0.407 e. The number of hydrogen-bond donors (Lipinski definition) is 3. The van der Waals surface area contributed by atoms with Crippen LogP contribution in [-0.4, -0.2) is 69.9 Å². The fraction of sp³-hybridized carbons (Fsp3) is 0.704. The summed E-state index contributed by atoms with van der Waals surface area (Å²) in [5.74, 6) is -2.76. The molecule has 0 spiro atoms. The molecule has 224 valence electrons. The molecule has 0 aliphatic rings. The standard InChI is InChI=1S/C27H45F2N3O6S/c1-6-8-22(9-7-2)39(35,36)17-24(32-27(34)37-5)26(33)38-25(16-31-11-10-18(3)4)23(30)14-19-12-20(28)15-21(29)13-19/h12-13,15,18,22-25,31H,6-11,14,16-17,30H2,1-5H3,(H,32,34)/t23-,24+,25+/m0/s1. The Morgan fingerprint density at radius 2 is 1.62 bits per heavy atom. The summed E-state index contributed by atoms with van der Waals surface area (Å²) < 4.78 is 64.1. The summed E-state index contributed by atoms with van der Waals surface area (Å²) in [6, 6.07) is 0.613. The number of sulfone groups is 1. The quantitative estimate of drug-likeness (QED) is 0.178. The van der Waals surface area contributed by atoms with Crippen LogP contribution in [0.1, 0.15) is 65.4 Å². The van der Waals surface area contributed by atoms with Crippen molar-refractivity contribution in [1.29, 1.82) is 0 Å². The molecule has 0 unspecified atom stereocenters. The largest absolute Gasteiger partial charge is 0.458 e. The van der Waals surface area contributed by atoms with E-state index in [9.17, 15) is 26.8 Å². The highest BCUT2D eigenvalue weighted by Gasteiger charge is 2.35. The Morgan fingerprint density at radius 1 is 1.03 bits per heavy atom. The van der Waals surface area contributed by atoms with E-state index in [1.807, 2.05) is 13.8 Å². The number of benzene rings is 1. The third-order valence-corrected chi connectivity index (χ3v) is 8.56. The van der Waals surface area contributed by atoms with Crippen molar-refractivity contribution in [1.82, 2.24) is 10.6 Å². The maximum absolute atomic E-state index is 13.7. The Kier molecular flexibility index (Phi) is 15.5. The van der Waals surface area contributed by atoms with Crippen molar-refractivity contribution in [3.05, 3.63) is 35.4 Å². The van der Waals surface area contributed by atoms with Gasteiger partial charge in [0.2, 0.25) is 0 Å². The summed E-state index contributed by atoms with van der Waals surface area (Å²) in [4.78, 5) is 25.3. The molecule has 39 heavy (non-hydrogen) atoms. The van der Waals surface area contributed by atoms with Crippen LogP contribution in [0.3, 0.4) is 0 Å². The number of carbonyl (C=O) groups is 2. The predicted octanol–water partition coefficient (Wildman–Crippen LogP) is 3.49. The predicted molar refractivity (Wildman–Crippen MR) is 147 cm³/mol. The SMILES string of the molecule is CCCC(CCC)S(=O)(=O)C[C@@H](NC(=O)OC)C(=O)O[C@H](CNCCC(C)C)[C@@H](N)Cc1cc(F)cc(F)c1. The molecular weight excluding hydrogens is 532 g/mol. The van der Waals surface area contributed by atoms with Crippen molar-refractivity contribution in [2.45, 2.75) is 89.7 Å². The highest BCUT2D eigenvalue weighted by Crippen LogP contribution is 2.18. The Hall–Kier alpha value is -2.31. The van der Waals surface area contributed by atoms with Crippen molar-refractivity contribution >= 4 is 21.9 Å². The van der Waals surface area contributed by atoms with Gasteiger partial charge in [0.05, 0.1) is 18.1 Å². The number of rotatable bonds is 18. The number of ether oxygens (including phenoxy) is 2. The lowest BCUT2D eigenvalue weighted by Crippen LogP contribution is -2.52. The highest BCUT2D eigenvalue weighted by molar-refractivity contribution is 7.92. The molecule has 0 radical (unpaired) electrons. The molecule has 1 aromatic rings. The molecule has 0 bridgehead atoms. The minimum absolute atomic E-state index is 0.0129. The summed E-state index contributed by atoms with van der Waals surface area (Å²) in [5, 5.41) is 4.78. The average Bonchev–Trinajstić information content (AvgIpc) is 2.84. The molecule has 0 aliphatic heterocycles. The Balaban J connectivity index is 3.17. The van der Waals surface area contributed by atoms with Crippen molar-refractivity contribution in [2.75, 3.05) is 26.0 Å². The average molecular weight is 578 g/mol. The van der Waals surface area contributed by atoms with Crippen LogP contribution < -0.4 is 16.4 Å². The number of methoxy groups -OCH3 is 1. The van der Waals surface area contributed by atoms with Gasteiger partial charge in [0.1, 0.15) is 23.8 Å². The van der Waals surface area contributed by atoms with Crippen LogP contribution in [0.2, 0.25) is 0 Å². The first-order valence-corrected chi connectivity index (χ1v) is 15.2. The number of nitrogens with two attached hydrogens (primary N) is 1. The first-order chi connectivity index (χ1) is 18.3. The van der Waals surface area contributed by atoms with Gasteiger partial charge in [-0.05, 0) is 55.8 Å². The second-order valence-electron chi connectivity index (χ2n) is 10.2. The van der Waals surface area contributed by atoms with Gasteiger partial charge in [-0.2, -0.15) is 0 Å². The first-order valence-electron chi connectivity index (χ1n) is 13.5.